The molecule has 176 valence electrons. The molecule has 0 unspecified atom stereocenters. The molecule has 0 radical (unpaired) electrons. The Labute approximate surface area is 208 Å². The molecule has 0 bridgehead atoms. The lowest BCUT2D eigenvalue weighted by Crippen LogP contribution is -2.32. The number of nitrogens with zero attached hydrogens (tertiary/aromatic N) is 6. The van der Waals surface area contributed by atoms with E-state index in [0.717, 1.165) is 35.1 Å². The van der Waals surface area contributed by atoms with Crippen molar-refractivity contribution in [3.8, 4) is 0 Å². The zero-order valence-electron chi connectivity index (χ0n) is 18.9. The van der Waals surface area contributed by atoms with Gasteiger partial charge in [-0.3, -0.25) is 4.98 Å². The molecule has 3 aromatic heterocycles. The Balaban J connectivity index is 1.40. The van der Waals surface area contributed by atoms with E-state index in [1.165, 1.54) is 5.56 Å². The van der Waals surface area contributed by atoms with Gasteiger partial charge in [-0.1, -0.05) is 54.2 Å². The quantitative estimate of drug-likeness (QED) is 0.124. The number of hydrogen-bond donors (Lipinski definition) is 3. The van der Waals surface area contributed by atoms with Crippen LogP contribution in [-0.2, 0) is 13.0 Å². The number of thiocarbonyl (C=S) groups is 1. The second-order valence-corrected chi connectivity index (χ2v) is 8.94. The maximum Gasteiger partial charge on any atom is 0.191 e. The fourth-order valence-corrected chi connectivity index (χ4v) is 4.13. The van der Waals surface area contributed by atoms with Gasteiger partial charge in [-0.2, -0.15) is 0 Å². The minimum atomic E-state index is 0.536. The van der Waals surface area contributed by atoms with Crippen LogP contribution in [0.1, 0.15) is 18.9 Å². The largest absolute Gasteiger partial charge is 0.366 e. The molecular formula is C23H27N9S2. The molecule has 0 aliphatic rings. The van der Waals surface area contributed by atoms with Crippen LogP contribution in [0.4, 0.5) is 11.5 Å². The van der Waals surface area contributed by atoms with Crippen LogP contribution in [0.25, 0.3) is 11.2 Å². The summed E-state index contributed by atoms with van der Waals surface area (Å²) in [5.74, 6) is 1.63. The van der Waals surface area contributed by atoms with Gasteiger partial charge in [0.25, 0.3) is 0 Å². The summed E-state index contributed by atoms with van der Waals surface area (Å²) in [6.07, 6.45) is 5.35. The van der Waals surface area contributed by atoms with Gasteiger partial charge in [-0.05, 0) is 42.8 Å². The average molecular weight is 494 g/mol. The Kier molecular flexibility index (Phi) is 8.58. The minimum absolute atomic E-state index is 0.536. The Hall–Kier alpha value is -3.31. The van der Waals surface area contributed by atoms with Gasteiger partial charge in [0.2, 0.25) is 0 Å². The third-order valence-corrected chi connectivity index (χ3v) is 6.15. The molecule has 1 aromatic carbocycles. The molecule has 0 saturated carbocycles. The van der Waals surface area contributed by atoms with Crippen LogP contribution < -0.4 is 16.0 Å². The second kappa shape index (κ2) is 12.2. The molecule has 3 N–H and O–H groups in total. The van der Waals surface area contributed by atoms with E-state index >= 15 is 0 Å². The number of benzene rings is 1. The van der Waals surface area contributed by atoms with Crippen LogP contribution in [0, 0.1) is 0 Å². The third-order valence-electron chi connectivity index (χ3n) is 4.86. The van der Waals surface area contributed by atoms with E-state index in [1.807, 2.05) is 35.0 Å². The van der Waals surface area contributed by atoms with Crippen molar-refractivity contribution in [1.29, 1.82) is 0 Å². The van der Waals surface area contributed by atoms with Crippen LogP contribution in [0.3, 0.4) is 0 Å². The van der Waals surface area contributed by atoms with Gasteiger partial charge in [0.05, 0.1) is 11.9 Å². The lowest BCUT2D eigenvalue weighted by atomic mass is 10.1. The van der Waals surface area contributed by atoms with Gasteiger partial charge in [0.1, 0.15) is 0 Å². The molecule has 0 amide bonds. The first-order valence-electron chi connectivity index (χ1n) is 11.2. The van der Waals surface area contributed by atoms with E-state index in [9.17, 15) is 0 Å². The summed E-state index contributed by atoms with van der Waals surface area (Å²) in [5.41, 5.74) is 3.51. The van der Waals surface area contributed by atoms with Gasteiger partial charge < -0.3 is 16.0 Å². The standard InChI is InChI=1S/C23H27N9S2/c1-2-15-34-23-28-20(25-12-13-26-22(33)27-18-9-6-11-24-16-18)19-21(29-23)32(31-30-19)14-10-17-7-4-3-5-8-17/h3-9,11,16H,2,10,12-15H2,1H3,(H,25,28,29)(H2,26,27,33). The van der Waals surface area contributed by atoms with Crippen molar-refractivity contribution >= 4 is 51.8 Å². The van der Waals surface area contributed by atoms with E-state index in [4.69, 9.17) is 22.2 Å². The average Bonchev–Trinajstić information content (AvgIpc) is 3.28. The molecule has 0 atom stereocenters. The first kappa shape index (κ1) is 23.8. The molecule has 0 fully saturated rings. The first-order valence-corrected chi connectivity index (χ1v) is 12.6. The Morgan fingerprint density at radius 3 is 2.76 bits per heavy atom. The molecule has 9 nitrogen and oxygen atoms in total. The number of hydrogen-bond acceptors (Lipinski definition) is 8. The first-order chi connectivity index (χ1) is 16.7. The van der Waals surface area contributed by atoms with Crippen LogP contribution in [0.15, 0.2) is 60.0 Å². The number of aromatic nitrogens is 6. The summed E-state index contributed by atoms with van der Waals surface area (Å²) in [6.45, 7) is 4.06. The highest BCUT2D eigenvalue weighted by molar-refractivity contribution is 7.99. The molecule has 3 heterocycles. The Morgan fingerprint density at radius 1 is 1.09 bits per heavy atom. The maximum absolute atomic E-state index is 5.35. The van der Waals surface area contributed by atoms with Crippen molar-refractivity contribution in [3.63, 3.8) is 0 Å². The number of nitrogens with one attached hydrogen (secondary N) is 3. The maximum atomic E-state index is 5.35. The summed E-state index contributed by atoms with van der Waals surface area (Å²) >= 11 is 6.99. The monoisotopic (exact) mass is 493 g/mol. The van der Waals surface area contributed by atoms with Crippen molar-refractivity contribution in [1.82, 2.24) is 35.3 Å². The van der Waals surface area contributed by atoms with Gasteiger partial charge in [-0.25, -0.2) is 14.6 Å². The predicted molar refractivity (Wildman–Crippen MR) is 141 cm³/mol. The smallest absolute Gasteiger partial charge is 0.191 e. The van der Waals surface area contributed by atoms with Gasteiger partial charge in [0.15, 0.2) is 27.3 Å². The fraction of sp³-hybridized carbons (Fsp3) is 0.304. The molecule has 4 rings (SSSR count). The van der Waals surface area contributed by atoms with E-state index in [1.54, 1.807) is 24.2 Å². The van der Waals surface area contributed by atoms with Gasteiger partial charge in [-0.15, -0.1) is 5.10 Å². The van der Waals surface area contributed by atoms with Crippen molar-refractivity contribution in [2.24, 2.45) is 0 Å². The van der Waals surface area contributed by atoms with Crippen LogP contribution >= 0.6 is 24.0 Å². The highest BCUT2D eigenvalue weighted by Crippen LogP contribution is 2.23. The summed E-state index contributed by atoms with van der Waals surface area (Å²) in [7, 11) is 0. The minimum Gasteiger partial charge on any atom is -0.366 e. The normalized spacial score (nSPS) is 10.9. The van der Waals surface area contributed by atoms with Crippen molar-refractivity contribution in [2.75, 3.05) is 29.5 Å². The zero-order chi connectivity index (χ0) is 23.6. The summed E-state index contributed by atoms with van der Waals surface area (Å²) in [4.78, 5) is 13.5. The number of aryl methyl sites for hydroxylation is 2. The molecular weight excluding hydrogens is 466 g/mol. The second-order valence-electron chi connectivity index (χ2n) is 7.47. The van der Waals surface area contributed by atoms with E-state index in [0.29, 0.717) is 36.1 Å². The van der Waals surface area contributed by atoms with Crippen molar-refractivity contribution in [3.05, 3.63) is 60.4 Å². The number of fused-ring (bicyclic) bond motifs is 1. The molecule has 4 aromatic rings. The highest BCUT2D eigenvalue weighted by Gasteiger charge is 2.15. The fourth-order valence-electron chi connectivity index (χ4n) is 3.22. The number of anilines is 2. The predicted octanol–water partition coefficient (Wildman–Crippen LogP) is 3.76. The highest BCUT2D eigenvalue weighted by atomic mass is 32.2. The van der Waals surface area contributed by atoms with E-state index < -0.39 is 0 Å². The third kappa shape index (κ3) is 6.61. The number of thioether (sulfide) groups is 1. The number of rotatable bonds is 11. The van der Waals surface area contributed by atoms with Crippen LogP contribution in [0.2, 0.25) is 0 Å². The SMILES string of the molecule is CCCSc1nc(NCCNC(=S)Nc2cccnc2)c2nnn(CCc3ccccc3)c2n1. The van der Waals surface area contributed by atoms with Gasteiger partial charge >= 0.3 is 0 Å². The lowest BCUT2D eigenvalue weighted by molar-refractivity contribution is 0.600. The topological polar surface area (TPSA) is 105 Å². The molecule has 0 spiro atoms. The Bertz CT molecular complexity index is 1200. The number of pyridine rings is 1. The summed E-state index contributed by atoms with van der Waals surface area (Å²) in [6, 6.07) is 14.1. The molecule has 34 heavy (non-hydrogen) atoms. The molecule has 11 heteroatoms. The summed E-state index contributed by atoms with van der Waals surface area (Å²) < 4.78 is 1.86. The molecule has 0 aliphatic heterocycles. The molecule has 0 aliphatic carbocycles. The van der Waals surface area contributed by atoms with E-state index in [2.05, 4.69) is 50.3 Å². The zero-order valence-corrected chi connectivity index (χ0v) is 20.6. The molecule has 0 saturated heterocycles. The van der Waals surface area contributed by atoms with Crippen LogP contribution in [-0.4, -0.2) is 53.9 Å². The summed E-state index contributed by atoms with van der Waals surface area (Å²) in [5, 5.41) is 19.7. The lowest BCUT2D eigenvalue weighted by Gasteiger charge is -2.11. The van der Waals surface area contributed by atoms with Crippen molar-refractivity contribution < 1.29 is 0 Å². The van der Waals surface area contributed by atoms with Crippen LogP contribution in [0.5, 0.6) is 0 Å². The Morgan fingerprint density at radius 2 is 1.97 bits per heavy atom. The van der Waals surface area contributed by atoms with Crippen molar-refractivity contribution in [2.45, 2.75) is 31.5 Å². The van der Waals surface area contributed by atoms with E-state index in [-0.39, 0.29) is 0 Å². The van der Waals surface area contributed by atoms with Gasteiger partial charge in [0, 0.05) is 31.6 Å².